The number of H-pyrrole nitrogens is 1. The summed E-state index contributed by atoms with van der Waals surface area (Å²) >= 11 is 1.06. The van der Waals surface area contributed by atoms with Gasteiger partial charge in [0.05, 0.1) is 11.1 Å². The number of alkyl halides is 2. The van der Waals surface area contributed by atoms with Crippen LogP contribution in [0.15, 0.2) is 48.0 Å². The van der Waals surface area contributed by atoms with E-state index in [0.717, 1.165) is 17.5 Å². The molecule has 2 atom stereocenters. The summed E-state index contributed by atoms with van der Waals surface area (Å²) in [6.07, 6.45) is 5.14. The molecule has 1 aliphatic carbocycles. The molecule has 0 aliphatic heterocycles. The Kier molecular flexibility index (Phi) is 5.85. The van der Waals surface area contributed by atoms with Crippen molar-refractivity contribution >= 4 is 17.8 Å². The van der Waals surface area contributed by atoms with E-state index in [9.17, 15) is 13.2 Å². The first-order valence-electron chi connectivity index (χ1n) is 9.43. The summed E-state index contributed by atoms with van der Waals surface area (Å²) in [5.74, 6) is -2.76. The Morgan fingerprint density at radius 3 is 2.93 bits per heavy atom. The molecule has 2 aromatic heterocycles. The summed E-state index contributed by atoms with van der Waals surface area (Å²) in [6, 6.07) is 4.53. The van der Waals surface area contributed by atoms with Crippen LogP contribution >= 0.6 is 11.9 Å². The molecule has 0 spiro atoms. The summed E-state index contributed by atoms with van der Waals surface area (Å²) in [5.41, 5.74) is 1.47. The third kappa shape index (κ3) is 4.69. The fourth-order valence-corrected chi connectivity index (χ4v) is 4.25. The molecule has 3 aromatic rings. The summed E-state index contributed by atoms with van der Waals surface area (Å²) in [7, 11) is 0. The van der Waals surface area contributed by atoms with Crippen molar-refractivity contribution in [3.8, 4) is 5.75 Å². The maximum Gasteiger partial charge on any atom is 0.251 e. The third-order valence-electron chi connectivity index (χ3n) is 5.07. The van der Waals surface area contributed by atoms with Crippen molar-refractivity contribution in [2.75, 3.05) is 4.72 Å². The van der Waals surface area contributed by atoms with Gasteiger partial charge in [-0.1, -0.05) is 0 Å². The van der Waals surface area contributed by atoms with Gasteiger partial charge in [0.1, 0.15) is 29.8 Å². The molecule has 30 heavy (non-hydrogen) atoms. The van der Waals surface area contributed by atoms with E-state index in [4.69, 9.17) is 4.74 Å². The van der Waals surface area contributed by atoms with Crippen LogP contribution in [0.25, 0.3) is 0 Å². The van der Waals surface area contributed by atoms with Gasteiger partial charge in [0.2, 0.25) is 0 Å². The number of rotatable bonds is 6. The summed E-state index contributed by atoms with van der Waals surface area (Å²) < 4.78 is 51.7. The lowest BCUT2D eigenvalue weighted by atomic mass is 9.81. The second kappa shape index (κ2) is 8.55. The number of ether oxygens (including phenoxy) is 1. The minimum absolute atomic E-state index is 0.208. The fourth-order valence-electron chi connectivity index (χ4n) is 3.52. The highest BCUT2D eigenvalue weighted by molar-refractivity contribution is 8.00. The Morgan fingerprint density at radius 1 is 1.33 bits per heavy atom. The van der Waals surface area contributed by atoms with Gasteiger partial charge in [-0.25, -0.2) is 23.1 Å². The van der Waals surface area contributed by atoms with Crippen LogP contribution in [-0.4, -0.2) is 32.2 Å². The molecule has 2 N–H and O–H groups in total. The molecule has 0 bridgehead atoms. The summed E-state index contributed by atoms with van der Waals surface area (Å²) in [4.78, 5) is 8.19. The van der Waals surface area contributed by atoms with Gasteiger partial charge in [-0.3, -0.25) is 5.10 Å². The highest BCUT2D eigenvalue weighted by atomic mass is 32.2. The van der Waals surface area contributed by atoms with Crippen LogP contribution in [0.5, 0.6) is 5.75 Å². The molecule has 1 unspecified atom stereocenters. The Bertz CT molecular complexity index is 988. The van der Waals surface area contributed by atoms with Crippen molar-refractivity contribution in [3.63, 3.8) is 0 Å². The van der Waals surface area contributed by atoms with Gasteiger partial charge in [0, 0.05) is 37.2 Å². The molecule has 0 saturated heterocycles. The van der Waals surface area contributed by atoms with E-state index in [1.54, 1.807) is 37.6 Å². The summed E-state index contributed by atoms with van der Waals surface area (Å²) in [5, 5.41) is 6.63. The summed E-state index contributed by atoms with van der Waals surface area (Å²) in [6.45, 7) is 1.76. The van der Waals surface area contributed by atoms with E-state index in [1.807, 2.05) is 0 Å². The number of hydrogen-bond donors (Lipinski definition) is 2. The standard InChI is InChI=1S/C20H20F3N5OS/c1-12-6-18(30-28-19-3-5-24-11-25-19)15(21)7-16(12)29-17-8-20(22,23)4-2-14(17)13-9-26-27-10-13/h3,5-7,9-11,14,17H,2,4,8H2,1H3,(H,26,27)(H,24,25,28)/t14-,17?/m0/s1. The smallest absolute Gasteiger partial charge is 0.251 e. The predicted octanol–water partition coefficient (Wildman–Crippen LogP) is 5.12. The topological polar surface area (TPSA) is 75.7 Å². The van der Waals surface area contributed by atoms with Gasteiger partial charge in [0.15, 0.2) is 0 Å². The molecule has 1 saturated carbocycles. The minimum atomic E-state index is -2.81. The van der Waals surface area contributed by atoms with Crippen molar-refractivity contribution in [1.82, 2.24) is 20.2 Å². The Hall–Kier alpha value is -2.75. The highest BCUT2D eigenvalue weighted by Crippen LogP contribution is 2.43. The zero-order chi connectivity index (χ0) is 21.1. The van der Waals surface area contributed by atoms with Crippen molar-refractivity contribution < 1.29 is 17.9 Å². The number of halogens is 3. The molecule has 4 rings (SSSR count). The number of anilines is 1. The Labute approximate surface area is 175 Å². The largest absolute Gasteiger partial charge is 0.489 e. The quantitative estimate of drug-likeness (QED) is 0.524. The normalized spacial score (nSPS) is 20.7. The van der Waals surface area contributed by atoms with E-state index in [-0.39, 0.29) is 24.5 Å². The molecule has 1 aliphatic rings. The first-order chi connectivity index (χ1) is 14.4. The average Bonchev–Trinajstić information content (AvgIpc) is 3.24. The first kappa shape index (κ1) is 20.5. The molecule has 1 fully saturated rings. The second-order valence-corrected chi connectivity index (χ2v) is 8.09. The maximum absolute atomic E-state index is 14.7. The van der Waals surface area contributed by atoms with Crippen LogP contribution in [0.1, 0.15) is 36.3 Å². The number of hydrogen-bond acceptors (Lipinski definition) is 6. The molecule has 1 aromatic carbocycles. The number of benzene rings is 1. The molecule has 0 amide bonds. The van der Waals surface area contributed by atoms with Gasteiger partial charge < -0.3 is 9.46 Å². The van der Waals surface area contributed by atoms with Crippen LogP contribution in [0.4, 0.5) is 19.0 Å². The van der Waals surface area contributed by atoms with Gasteiger partial charge in [-0.05, 0) is 48.6 Å². The van der Waals surface area contributed by atoms with E-state index in [0.29, 0.717) is 16.3 Å². The van der Waals surface area contributed by atoms with Crippen molar-refractivity contribution in [3.05, 3.63) is 60.1 Å². The number of aromatic amines is 1. The molecular weight excluding hydrogens is 415 g/mol. The van der Waals surface area contributed by atoms with Crippen molar-refractivity contribution in [1.29, 1.82) is 0 Å². The van der Waals surface area contributed by atoms with Crippen LogP contribution in [0.2, 0.25) is 0 Å². The molecule has 0 radical (unpaired) electrons. The highest BCUT2D eigenvalue weighted by Gasteiger charge is 2.43. The lowest BCUT2D eigenvalue weighted by Gasteiger charge is -2.36. The van der Waals surface area contributed by atoms with E-state index in [1.165, 1.54) is 12.4 Å². The minimum Gasteiger partial charge on any atom is -0.489 e. The van der Waals surface area contributed by atoms with Crippen LogP contribution < -0.4 is 9.46 Å². The maximum atomic E-state index is 14.7. The number of nitrogens with one attached hydrogen (secondary N) is 2. The number of aryl methyl sites for hydroxylation is 1. The SMILES string of the molecule is Cc1cc(SNc2ccncn2)c(F)cc1OC1CC(F)(F)CC[C@H]1c1cn[nH]c1. The van der Waals surface area contributed by atoms with Gasteiger partial charge in [-0.2, -0.15) is 5.10 Å². The second-order valence-electron chi connectivity index (χ2n) is 7.24. The zero-order valence-electron chi connectivity index (χ0n) is 16.1. The van der Waals surface area contributed by atoms with E-state index >= 15 is 0 Å². The lowest BCUT2D eigenvalue weighted by molar-refractivity contribution is -0.0774. The lowest BCUT2D eigenvalue weighted by Crippen LogP contribution is -2.38. The fraction of sp³-hybridized carbons (Fsp3) is 0.350. The third-order valence-corrected chi connectivity index (χ3v) is 5.92. The molecule has 2 heterocycles. The van der Waals surface area contributed by atoms with Crippen LogP contribution in [0.3, 0.4) is 0 Å². The van der Waals surface area contributed by atoms with Crippen molar-refractivity contribution in [2.24, 2.45) is 0 Å². The number of aromatic nitrogens is 4. The van der Waals surface area contributed by atoms with Crippen molar-refractivity contribution in [2.45, 2.75) is 49.0 Å². The molecule has 10 heteroatoms. The zero-order valence-corrected chi connectivity index (χ0v) is 16.9. The van der Waals surface area contributed by atoms with Crippen LogP contribution in [0, 0.1) is 12.7 Å². The van der Waals surface area contributed by atoms with Gasteiger partial charge in [-0.15, -0.1) is 0 Å². The predicted molar refractivity (Wildman–Crippen MR) is 107 cm³/mol. The Balaban J connectivity index is 1.52. The van der Waals surface area contributed by atoms with E-state index in [2.05, 4.69) is 24.9 Å². The number of nitrogens with zero attached hydrogens (tertiary/aromatic N) is 3. The van der Waals surface area contributed by atoms with Gasteiger partial charge in [0.25, 0.3) is 5.92 Å². The van der Waals surface area contributed by atoms with Crippen LogP contribution in [-0.2, 0) is 0 Å². The molecular formula is C20H20F3N5OS. The Morgan fingerprint density at radius 2 is 2.20 bits per heavy atom. The first-order valence-corrected chi connectivity index (χ1v) is 10.2. The van der Waals surface area contributed by atoms with E-state index < -0.39 is 24.3 Å². The molecule has 6 nitrogen and oxygen atoms in total. The monoisotopic (exact) mass is 435 g/mol. The van der Waals surface area contributed by atoms with Gasteiger partial charge >= 0.3 is 0 Å². The molecule has 158 valence electrons. The average molecular weight is 435 g/mol.